The van der Waals surface area contributed by atoms with Gasteiger partial charge in [-0.15, -0.1) is 0 Å². The Morgan fingerprint density at radius 2 is 0.625 bits per heavy atom. The summed E-state index contributed by atoms with van der Waals surface area (Å²) < 4.78 is 109. The van der Waals surface area contributed by atoms with Crippen molar-refractivity contribution >= 4 is 0 Å². The molecule has 0 aliphatic heterocycles. The van der Waals surface area contributed by atoms with Crippen LogP contribution in [0, 0.1) is 69.2 Å². The van der Waals surface area contributed by atoms with E-state index in [9.17, 15) is 35.1 Å². The summed E-state index contributed by atoms with van der Waals surface area (Å²) in [7, 11) is 0. The molecule has 0 aliphatic rings. The van der Waals surface area contributed by atoms with E-state index in [1.165, 1.54) is 0 Å². The van der Waals surface area contributed by atoms with Crippen molar-refractivity contribution in [3.05, 3.63) is 57.7 Å². The van der Waals surface area contributed by atoms with E-state index in [0.29, 0.717) is 0 Å². The van der Waals surface area contributed by atoms with Crippen LogP contribution < -0.4 is 0 Å². The van der Waals surface area contributed by atoms with Crippen LogP contribution in [0.1, 0.15) is 11.1 Å². The van der Waals surface area contributed by atoms with E-state index in [2.05, 4.69) is 0 Å². The molecule has 0 radical (unpaired) electrons. The Labute approximate surface area is 127 Å². The van der Waals surface area contributed by atoms with Crippen LogP contribution in [0.2, 0.25) is 0 Å². The lowest BCUT2D eigenvalue weighted by Gasteiger charge is -2.12. The van der Waals surface area contributed by atoms with Crippen LogP contribution in [0.3, 0.4) is 0 Å². The molecule has 24 heavy (non-hydrogen) atoms. The Balaban J connectivity index is 3.06. The summed E-state index contributed by atoms with van der Waals surface area (Å²) in [5.41, 5.74) is -7.66. The number of rotatable bonds is 1. The molecule has 0 saturated carbocycles. The highest BCUT2D eigenvalue weighted by molar-refractivity contribution is 5.69. The van der Waals surface area contributed by atoms with Gasteiger partial charge in [0.25, 0.3) is 0 Å². The van der Waals surface area contributed by atoms with Gasteiger partial charge in [0.1, 0.15) is 23.3 Å². The summed E-state index contributed by atoms with van der Waals surface area (Å²) in [5, 5.41) is 16.8. The molecule has 0 fully saturated rings. The third kappa shape index (κ3) is 2.15. The Kier molecular flexibility index (Phi) is 4.17. The molecule has 122 valence electrons. The van der Waals surface area contributed by atoms with Crippen LogP contribution in [0.5, 0.6) is 0 Å². The van der Waals surface area contributed by atoms with Gasteiger partial charge in [0.2, 0.25) is 0 Å². The zero-order valence-electron chi connectivity index (χ0n) is 10.9. The van der Waals surface area contributed by atoms with E-state index >= 15 is 0 Å². The summed E-state index contributed by atoms with van der Waals surface area (Å²) in [6, 6.07) is 1.57. The first-order valence-electron chi connectivity index (χ1n) is 5.71. The summed E-state index contributed by atoms with van der Waals surface area (Å²) in [6.07, 6.45) is 0. The largest absolute Gasteiger partial charge is 0.203 e. The second-order valence-corrected chi connectivity index (χ2v) is 4.24. The lowest BCUT2D eigenvalue weighted by molar-refractivity contribution is 0.438. The maximum Gasteiger partial charge on any atom is 0.180 e. The van der Waals surface area contributed by atoms with Gasteiger partial charge in [-0.25, -0.2) is 35.1 Å². The van der Waals surface area contributed by atoms with Gasteiger partial charge in [0, 0.05) is 0 Å². The third-order valence-electron chi connectivity index (χ3n) is 3.00. The molecule has 0 bridgehead atoms. The first kappa shape index (κ1) is 17.2. The van der Waals surface area contributed by atoms with Crippen LogP contribution in [-0.2, 0) is 0 Å². The van der Waals surface area contributed by atoms with Crippen molar-refractivity contribution in [1.82, 2.24) is 0 Å². The number of nitrogens with zero attached hydrogens (tertiary/aromatic N) is 2. The highest BCUT2D eigenvalue weighted by atomic mass is 19.2. The molecule has 0 spiro atoms. The normalized spacial score (nSPS) is 10.4. The first-order valence-corrected chi connectivity index (χ1v) is 5.71. The van der Waals surface area contributed by atoms with Gasteiger partial charge >= 0.3 is 0 Å². The van der Waals surface area contributed by atoms with Crippen LogP contribution in [0.15, 0.2) is 0 Å². The van der Waals surface area contributed by atoms with E-state index < -0.39 is 68.8 Å². The molecule has 10 heteroatoms. The zero-order valence-corrected chi connectivity index (χ0v) is 10.9. The molecule has 2 aromatic carbocycles. The minimum absolute atomic E-state index is 0.785. The summed E-state index contributed by atoms with van der Waals surface area (Å²) in [4.78, 5) is 0. The van der Waals surface area contributed by atoms with Gasteiger partial charge in [-0.05, 0) is 0 Å². The van der Waals surface area contributed by atoms with E-state index in [4.69, 9.17) is 10.5 Å². The van der Waals surface area contributed by atoms with Gasteiger partial charge in [0.05, 0.1) is 11.1 Å². The Hall–Kier alpha value is -3.14. The second-order valence-electron chi connectivity index (χ2n) is 4.24. The number of halogens is 8. The molecule has 0 unspecified atom stereocenters. The molecule has 0 heterocycles. The van der Waals surface area contributed by atoms with Gasteiger partial charge < -0.3 is 0 Å². The molecular formula is C14F8N2. The predicted octanol–water partition coefficient (Wildman–Crippen LogP) is 4.21. The standard InChI is InChI=1S/C14F8N2/c15-7-3(1-23)8(16)12(20)5(11(7)19)6-13(21)9(17)4(2-24)10(18)14(6)22. The number of benzene rings is 2. The summed E-state index contributed by atoms with van der Waals surface area (Å²) in [6.45, 7) is 0. The molecule has 0 aliphatic carbocycles. The molecule has 0 saturated heterocycles. The first-order chi connectivity index (χ1) is 11.2. The van der Waals surface area contributed by atoms with Crippen molar-refractivity contribution in [3.8, 4) is 23.3 Å². The monoisotopic (exact) mass is 348 g/mol. The average molecular weight is 348 g/mol. The van der Waals surface area contributed by atoms with Gasteiger partial charge in [0.15, 0.2) is 46.5 Å². The van der Waals surface area contributed by atoms with Crippen molar-refractivity contribution in [2.24, 2.45) is 0 Å². The van der Waals surface area contributed by atoms with Crippen molar-refractivity contribution in [1.29, 1.82) is 10.5 Å². The fourth-order valence-corrected chi connectivity index (χ4v) is 1.90. The third-order valence-corrected chi connectivity index (χ3v) is 3.00. The Morgan fingerprint density at radius 3 is 0.792 bits per heavy atom. The van der Waals surface area contributed by atoms with Crippen LogP contribution >= 0.6 is 0 Å². The number of nitriles is 2. The fourth-order valence-electron chi connectivity index (χ4n) is 1.90. The average Bonchev–Trinajstić information content (AvgIpc) is 2.55. The minimum Gasteiger partial charge on any atom is -0.203 e. The van der Waals surface area contributed by atoms with E-state index in [0.717, 1.165) is 12.1 Å². The van der Waals surface area contributed by atoms with Crippen LogP contribution in [0.25, 0.3) is 11.1 Å². The van der Waals surface area contributed by atoms with Gasteiger partial charge in [-0.3, -0.25) is 0 Å². The van der Waals surface area contributed by atoms with E-state index in [-0.39, 0.29) is 0 Å². The molecule has 0 atom stereocenters. The number of hydrogen-bond donors (Lipinski definition) is 0. The van der Waals surface area contributed by atoms with Crippen molar-refractivity contribution in [2.75, 3.05) is 0 Å². The molecular weight excluding hydrogens is 348 g/mol. The predicted molar refractivity (Wildman–Crippen MR) is 61.0 cm³/mol. The summed E-state index contributed by atoms with van der Waals surface area (Å²) in [5.74, 6) is -19.0. The minimum atomic E-state index is -2.44. The van der Waals surface area contributed by atoms with Crippen molar-refractivity contribution in [3.63, 3.8) is 0 Å². The van der Waals surface area contributed by atoms with E-state index in [1.54, 1.807) is 0 Å². The molecule has 2 rings (SSSR count). The zero-order chi connectivity index (χ0) is 18.3. The van der Waals surface area contributed by atoms with Crippen molar-refractivity contribution in [2.45, 2.75) is 0 Å². The van der Waals surface area contributed by atoms with Gasteiger partial charge in [-0.2, -0.15) is 10.5 Å². The SMILES string of the molecule is N#Cc1c(F)c(F)c(-c2c(F)c(F)c(C#N)c(F)c2F)c(F)c1F. The smallest absolute Gasteiger partial charge is 0.180 e. The van der Waals surface area contributed by atoms with Gasteiger partial charge in [-0.1, -0.05) is 0 Å². The maximum atomic E-state index is 13.8. The quantitative estimate of drug-likeness (QED) is 0.573. The molecule has 0 N–H and O–H groups in total. The van der Waals surface area contributed by atoms with Crippen molar-refractivity contribution < 1.29 is 35.1 Å². The summed E-state index contributed by atoms with van der Waals surface area (Å²) >= 11 is 0. The number of hydrogen-bond acceptors (Lipinski definition) is 2. The Bertz CT molecular complexity index is 831. The lowest BCUT2D eigenvalue weighted by atomic mass is 9.98. The van der Waals surface area contributed by atoms with Crippen LogP contribution in [0.4, 0.5) is 35.1 Å². The van der Waals surface area contributed by atoms with E-state index in [1.807, 2.05) is 0 Å². The molecule has 2 aromatic rings. The molecule has 2 nitrogen and oxygen atoms in total. The molecule has 0 amide bonds. The highest BCUT2D eigenvalue weighted by Crippen LogP contribution is 2.37. The maximum absolute atomic E-state index is 13.8. The Morgan fingerprint density at radius 1 is 0.417 bits per heavy atom. The fraction of sp³-hybridized carbons (Fsp3) is 0. The van der Waals surface area contributed by atoms with Crippen LogP contribution in [-0.4, -0.2) is 0 Å². The molecule has 0 aromatic heterocycles. The highest BCUT2D eigenvalue weighted by Gasteiger charge is 2.34. The lowest BCUT2D eigenvalue weighted by Crippen LogP contribution is -2.09. The second kappa shape index (κ2) is 5.81. The topological polar surface area (TPSA) is 47.6 Å².